The van der Waals surface area contributed by atoms with E-state index in [9.17, 15) is 17.6 Å². The number of halogens is 4. The lowest BCUT2D eigenvalue weighted by Gasteiger charge is -2.18. The molecule has 4 nitrogen and oxygen atoms in total. The third-order valence-corrected chi connectivity index (χ3v) is 2.18. The zero-order valence-electron chi connectivity index (χ0n) is 9.32. The van der Waals surface area contributed by atoms with E-state index in [0.717, 1.165) is 0 Å². The fraction of sp³-hybridized carbons (Fsp3) is 0.500. The summed E-state index contributed by atoms with van der Waals surface area (Å²) in [6.07, 6.45) is -2.32. The lowest BCUT2D eigenvalue weighted by Crippen LogP contribution is -2.33. The van der Waals surface area contributed by atoms with Crippen LogP contribution in [0.4, 0.5) is 23.4 Å². The number of anilines is 1. The van der Waals surface area contributed by atoms with E-state index in [1.54, 1.807) is 12.1 Å². The summed E-state index contributed by atoms with van der Waals surface area (Å²) in [6.45, 7) is -1.74. The Morgan fingerprint density at radius 1 is 1.39 bits per heavy atom. The van der Waals surface area contributed by atoms with Gasteiger partial charge in [-0.2, -0.15) is 8.78 Å². The summed E-state index contributed by atoms with van der Waals surface area (Å²) in [7, 11) is 0. The largest absolute Gasteiger partial charge is 0.383 e. The molecule has 8 heteroatoms. The molecule has 0 aliphatic heterocycles. The van der Waals surface area contributed by atoms with Gasteiger partial charge in [0, 0.05) is 11.8 Å². The molecular weight excluding hydrogens is 254 g/mol. The van der Waals surface area contributed by atoms with Crippen LogP contribution in [0.1, 0.15) is 11.6 Å². The third kappa shape index (κ3) is 3.81. The molecule has 0 saturated heterocycles. The second-order valence-corrected chi connectivity index (χ2v) is 3.66. The van der Waals surface area contributed by atoms with Crippen molar-refractivity contribution in [3.63, 3.8) is 0 Å². The fourth-order valence-electron chi connectivity index (χ4n) is 1.22. The summed E-state index contributed by atoms with van der Waals surface area (Å²) in [4.78, 5) is 3.76. The molecule has 4 N–H and O–H groups in total. The van der Waals surface area contributed by atoms with Gasteiger partial charge in [-0.25, -0.2) is 13.8 Å². The van der Waals surface area contributed by atoms with Crippen LogP contribution in [0, 0.1) is 0 Å². The maximum absolute atomic E-state index is 12.5. The first-order valence-electron chi connectivity index (χ1n) is 5.04. The van der Waals surface area contributed by atoms with E-state index < -0.39 is 25.0 Å². The van der Waals surface area contributed by atoms with Crippen molar-refractivity contribution in [3.05, 3.63) is 23.9 Å². The topological polar surface area (TPSA) is 74.2 Å². The number of ether oxygens (including phenoxy) is 1. The highest BCUT2D eigenvalue weighted by Gasteiger charge is 2.41. The standard InChI is InChI=1S/C10H13F4N3O/c11-9(12)10(13,14)5-18-4-7(15)6-2-1-3-17-8(6)16/h1-3,7,9H,4-5,15H2,(H2,16,17). The predicted octanol–water partition coefficient (Wildman–Crippen LogP) is 1.58. The lowest BCUT2D eigenvalue weighted by molar-refractivity contribution is -0.166. The van der Waals surface area contributed by atoms with Crippen LogP contribution in [0.3, 0.4) is 0 Å². The van der Waals surface area contributed by atoms with Gasteiger partial charge < -0.3 is 16.2 Å². The summed E-state index contributed by atoms with van der Waals surface area (Å²) >= 11 is 0. The second kappa shape index (κ2) is 5.96. The Bertz CT molecular complexity index is 389. The molecule has 0 radical (unpaired) electrons. The molecule has 0 amide bonds. The van der Waals surface area contributed by atoms with Gasteiger partial charge in [0.15, 0.2) is 0 Å². The number of nitrogen functional groups attached to an aromatic ring is 1. The molecule has 0 bridgehead atoms. The van der Waals surface area contributed by atoms with Crippen molar-refractivity contribution in [3.8, 4) is 0 Å². The molecule has 0 spiro atoms. The van der Waals surface area contributed by atoms with Gasteiger partial charge in [-0.3, -0.25) is 0 Å². The molecule has 102 valence electrons. The van der Waals surface area contributed by atoms with Crippen LogP contribution in [0.15, 0.2) is 18.3 Å². The van der Waals surface area contributed by atoms with Crippen LogP contribution in [0.5, 0.6) is 0 Å². The monoisotopic (exact) mass is 267 g/mol. The molecular formula is C10H13F4N3O. The Hall–Kier alpha value is -1.41. The number of alkyl halides is 4. The zero-order valence-corrected chi connectivity index (χ0v) is 9.32. The number of pyridine rings is 1. The van der Waals surface area contributed by atoms with E-state index in [1.807, 2.05) is 0 Å². The molecule has 18 heavy (non-hydrogen) atoms. The molecule has 1 aromatic rings. The van der Waals surface area contributed by atoms with Crippen molar-refractivity contribution in [2.45, 2.75) is 18.4 Å². The van der Waals surface area contributed by atoms with Crippen molar-refractivity contribution in [1.82, 2.24) is 4.98 Å². The maximum Gasteiger partial charge on any atom is 0.330 e. The van der Waals surface area contributed by atoms with Crippen molar-refractivity contribution in [2.75, 3.05) is 18.9 Å². The first-order chi connectivity index (χ1) is 8.34. The first-order valence-corrected chi connectivity index (χ1v) is 5.04. The van der Waals surface area contributed by atoms with Gasteiger partial charge in [-0.1, -0.05) is 6.07 Å². The van der Waals surface area contributed by atoms with Gasteiger partial charge >= 0.3 is 12.3 Å². The molecule has 0 saturated carbocycles. The predicted molar refractivity (Wildman–Crippen MR) is 57.3 cm³/mol. The fourth-order valence-corrected chi connectivity index (χ4v) is 1.22. The van der Waals surface area contributed by atoms with E-state index in [0.29, 0.717) is 5.56 Å². The van der Waals surface area contributed by atoms with E-state index in [4.69, 9.17) is 11.5 Å². The average Bonchev–Trinajstić information content (AvgIpc) is 2.29. The SMILES string of the molecule is Nc1ncccc1C(N)COCC(F)(F)C(F)F. The van der Waals surface area contributed by atoms with Gasteiger partial charge in [0.2, 0.25) is 0 Å². The quantitative estimate of drug-likeness (QED) is 0.767. The molecule has 1 heterocycles. The average molecular weight is 267 g/mol. The van der Waals surface area contributed by atoms with Crippen molar-refractivity contribution in [1.29, 1.82) is 0 Å². The van der Waals surface area contributed by atoms with Crippen LogP contribution in [0.2, 0.25) is 0 Å². The summed E-state index contributed by atoms with van der Waals surface area (Å²) < 4.78 is 53.2. The molecule has 1 aromatic heterocycles. The number of rotatable bonds is 6. The summed E-state index contributed by atoms with van der Waals surface area (Å²) in [5, 5.41) is 0. The Balaban J connectivity index is 2.48. The van der Waals surface area contributed by atoms with Gasteiger partial charge in [-0.15, -0.1) is 0 Å². The van der Waals surface area contributed by atoms with Crippen molar-refractivity contribution < 1.29 is 22.3 Å². The number of nitrogens with zero attached hydrogens (tertiary/aromatic N) is 1. The lowest BCUT2D eigenvalue weighted by atomic mass is 10.1. The Kier molecular flexibility index (Phi) is 4.85. The van der Waals surface area contributed by atoms with Crippen molar-refractivity contribution in [2.24, 2.45) is 5.73 Å². The van der Waals surface area contributed by atoms with Gasteiger partial charge in [0.05, 0.1) is 12.6 Å². The molecule has 1 unspecified atom stereocenters. The first kappa shape index (κ1) is 14.7. The van der Waals surface area contributed by atoms with Gasteiger partial charge in [0.1, 0.15) is 12.4 Å². The molecule has 0 aromatic carbocycles. The molecule has 0 fully saturated rings. The molecule has 1 rings (SSSR count). The normalized spacial score (nSPS) is 13.9. The Labute approximate surface area is 101 Å². The van der Waals surface area contributed by atoms with Crippen LogP contribution in [0.25, 0.3) is 0 Å². The second-order valence-electron chi connectivity index (χ2n) is 3.66. The highest BCUT2D eigenvalue weighted by molar-refractivity contribution is 5.40. The zero-order chi connectivity index (χ0) is 13.8. The van der Waals surface area contributed by atoms with E-state index in [-0.39, 0.29) is 12.4 Å². The molecule has 0 aliphatic carbocycles. The minimum atomic E-state index is -4.18. The Morgan fingerprint density at radius 3 is 2.61 bits per heavy atom. The van der Waals surface area contributed by atoms with Crippen molar-refractivity contribution >= 4 is 5.82 Å². The third-order valence-electron chi connectivity index (χ3n) is 2.18. The number of aromatic nitrogens is 1. The molecule has 0 aliphatic rings. The molecule has 1 atom stereocenters. The van der Waals surface area contributed by atoms with Crippen LogP contribution < -0.4 is 11.5 Å². The summed E-state index contributed by atoms with van der Waals surface area (Å²) in [6, 6.07) is 2.33. The number of hydrogen-bond acceptors (Lipinski definition) is 4. The number of hydrogen-bond donors (Lipinski definition) is 2. The maximum atomic E-state index is 12.5. The van der Waals surface area contributed by atoms with E-state index in [2.05, 4.69) is 9.72 Å². The highest BCUT2D eigenvalue weighted by atomic mass is 19.3. The van der Waals surface area contributed by atoms with Gasteiger partial charge in [-0.05, 0) is 6.07 Å². The van der Waals surface area contributed by atoms with Gasteiger partial charge in [0.25, 0.3) is 0 Å². The minimum absolute atomic E-state index is 0.147. The Morgan fingerprint density at radius 2 is 2.06 bits per heavy atom. The van der Waals surface area contributed by atoms with Crippen LogP contribution >= 0.6 is 0 Å². The number of nitrogens with two attached hydrogens (primary N) is 2. The van der Waals surface area contributed by atoms with E-state index >= 15 is 0 Å². The van der Waals surface area contributed by atoms with E-state index in [1.165, 1.54) is 6.20 Å². The summed E-state index contributed by atoms with van der Waals surface area (Å²) in [5.74, 6) is -4.03. The van der Waals surface area contributed by atoms with Crippen LogP contribution in [-0.2, 0) is 4.74 Å². The van der Waals surface area contributed by atoms with Crippen LogP contribution in [-0.4, -0.2) is 30.5 Å². The smallest absolute Gasteiger partial charge is 0.330 e. The summed E-state index contributed by atoms with van der Waals surface area (Å²) in [5.41, 5.74) is 11.6. The highest BCUT2D eigenvalue weighted by Crippen LogP contribution is 2.23. The minimum Gasteiger partial charge on any atom is -0.383 e.